The van der Waals surface area contributed by atoms with Gasteiger partial charge in [0.05, 0.1) is 22.4 Å². The zero-order chi connectivity index (χ0) is 40.3. The Bertz CT molecular complexity index is 2290. The minimum Gasteiger partial charge on any atom is -0.420 e. The standard InChI is InChI=1S/C39H37ClF2N10O6/c40-39(41,42)58-27-4-1-23(2-5-27)45-35(54)22-15-30(31-9-10-44-47-31)34(43-17-22)51-20-26(21-51)49-13-11-48(12-14-49)25-18-50(19-25)24-3-6-28-29(16-24)38(57)52(37(28)56)32-7-8-33(53)46-36(32)55/h1-6,9-10,15-17,25-26,32H,7-8,11-14,18-21H2,(H,44,47)(H,45,54)(H,46,53,55). The van der Waals surface area contributed by atoms with Crippen LogP contribution in [0.15, 0.2) is 67.0 Å². The Hall–Kier alpha value is -5.98. The number of rotatable bonds is 10. The molecule has 19 heteroatoms. The number of aromatic nitrogens is 3. The van der Waals surface area contributed by atoms with E-state index < -0.39 is 41.1 Å². The summed E-state index contributed by atoms with van der Waals surface area (Å²) < 4.78 is 30.3. The molecule has 0 spiro atoms. The first-order chi connectivity index (χ1) is 27.9. The predicted octanol–water partition coefficient (Wildman–Crippen LogP) is 2.99. The second-order valence-corrected chi connectivity index (χ2v) is 15.4. The maximum Gasteiger partial charge on any atom is 0.487 e. The van der Waals surface area contributed by atoms with Crippen LogP contribution in [-0.4, -0.2) is 135 Å². The number of amides is 5. The summed E-state index contributed by atoms with van der Waals surface area (Å²) in [5, 5.41) is 12.1. The molecule has 0 bridgehead atoms. The third-order valence-electron chi connectivity index (χ3n) is 11.5. The fourth-order valence-electron chi connectivity index (χ4n) is 8.26. The number of piperidine rings is 1. The molecule has 5 aliphatic rings. The fourth-order valence-corrected chi connectivity index (χ4v) is 8.35. The molecule has 0 saturated carbocycles. The van der Waals surface area contributed by atoms with E-state index in [0.717, 1.165) is 74.3 Å². The van der Waals surface area contributed by atoms with Crippen molar-refractivity contribution in [3.05, 3.63) is 83.7 Å². The number of H-pyrrole nitrogens is 1. The molecule has 16 nitrogen and oxygen atoms in total. The van der Waals surface area contributed by atoms with E-state index in [1.165, 1.54) is 30.5 Å². The molecule has 7 heterocycles. The van der Waals surface area contributed by atoms with Crippen molar-refractivity contribution in [2.45, 2.75) is 36.5 Å². The molecule has 5 amide bonds. The number of nitrogens with one attached hydrogen (secondary N) is 3. The molecule has 4 saturated heterocycles. The zero-order valence-electron chi connectivity index (χ0n) is 30.9. The average molecular weight is 815 g/mol. The normalized spacial score (nSPS) is 20.8. The lowest BCUT2D eigenvalue weighted by molar-refractivity contribution is -0.136. The van der Waals surface area contributed by atoms with Crippen molar-refractivity contribution >= 4 is 58.3 Å². The maximum atomic E-state index is 13.3. The van der Waals surface area contributed by atoms with E-state index in [1.807, 2.05) is 12.1 Å². The van der Waals surface area contributed by atoms with E-state index in [0.29, 0.717) is 29.0 Å². The van der Waals surface area contributed by atoms with Crippen LogP contribution in [0, 0.1) is 0 Å². The van der Waals surface area contributed by atoms with Crippen LogP contribution in [-0.2, 0) is 9.59 Å². The molecule has 3 N–H and O–H groups in total. The van der Waals surface area contributed by atoms with Gasteiger partial charge in [0.25, 0.3) is 17.7 Å². The lowest BCUT2D eigenvalue weighted by Gasteiger charge is -2.52. The van der Waals surface area contributed by atoms with Gasteiger partial charge in [-0.3, -0.25) is 49.1 Å². The number of pyridine rings is 1. The Morgan fingerprint density at radius 3 is 2.16 bits per heavy atom. The third-order valence-corrected chi connectivity index (χ3v) is 11.5. The van der Waals surface area contributed by atoms with Gasteiger partial charge in [-0.2, -0.15) is 5.10 Å². The summed E-state index contributed by atoms with van der Waals surface area (Å²) in [5.74, 6) is -1.90. The molecule has 0 radical (unpaired) electrons. The lowest BCUT2D eigenvalue weighted by Crippen LogP contribution is -2.67. The van der Waals surface area contributed by atoms with E-state index in [-0.39, 0.29) is 29.7 Å². The van der Waals surface area contributed by atoms with Gasteiger partial charge in [-0.15, -0.1) is 8.78 Å². The number of carbonyl (C=O) groups is 5. The van der Waals surface area contributed by atoms with Crippen molar-refractivity contribution in [1.82, 2.24) is 35.2 Å². The van der Waals surface area contributed by atoms with Gasteiger partial charge in [-0.05, 0) is 61.0 Å². The predicted molar refractivity (Wildman–Crippen MR) is 206 cm³/mol. The summed E-state index contributed by atoms with van der Waals surface area (Å²) in [5.41, 5.74) is -0.322. The molecule has 1 atom stereocenters. The monoisotopic (exact) mass is 814 g/mol. The molecule has 2 aromatic carbocycles. The van der Waals surface area contributed by atoms with Gasteiger partial charge >= 0.3 is 5.57 Å². The van der Waals surface area contributed by atoms with Crippen molar-refractivity contribution < 1.29 is 37.5 Å². The smallest absolute Gasteiger partial charge is 0.420 e. The highest BCUT2D eigenvalue weighted by molar-refractivity contribution is 6.24. The van der Waals surface area contributed by atoms with Crippen molar-refractivity contribution in [2.75, 3.05) is 67.5 Å². The molecule has 5 aliphatic heterocycles. The van der Waals surface area contributed by atoms with Gasteiger partial charge in [0.1, 0.15) is 17.6 Å². The summed E-state index contributed by atoms with van der Waals surface area (Å²) in [7, 11) is 0. The van der Waals surface area contributed by atoms with Crippen LogP contribution >= 0.6 is 11.6 Å². The van der Waals surface area contributed by atoms with Crippen LogP contribution in [0.25, 0.3) is 11.3 Å². The number of benzene rings is 2. The number of carbonyl (C=O) groups excluding carboxylic acids is 5. The summed E-state index contributed by atoms with van der Waals surface area (Å²) in [6.45, 7) is 6.81. The summed E-state index contributed by atoms with van der Waals surface area (Å²) in [6.07, 6.45) is 3.34. The Balaban J connectivity index is 0.770. The first-order valence-electron chi connectivity index (χ1n) is 18.9. The third kappa shape index (κ3) is 7.22. The number of fused-ring (bicyclic) bond motifs is 1. The number of halogens is 3. The molecule has 2 aromatic heterocycles. The second-order valence-electron chi connectivity index (χ2n) is 15.0. The Labute approximate surface area is 335 Å². The number of alkyl halides is 3. The molecule has 58 heavy (non-hydrogen) atoms. The molecule has 1 unspecified atom stereocenters. The highest BCUT2D eigenvalue weighted by Crippen LogP contribution is 2.35. The van der Waals surface area contributed by atoms with Crippen molar-refractivity contribution in [3.63, 3.8) is 0 Å². The molecular weight excluding hydrogens is 778 g/mol. The number of piperazine rings is 1. The van der Waals surface area contributed by atoms with E-state index in [1.54, 1.807) is 24.4 Å². The Kier molecular flexibility index (Phi) is 9.56. The van der Waals surface area contributed by atoms with E-state index >= 15 is 0 Å². The summed E-state index contributed by atoms with van der Waals surface area (Å²) in [6, 6.07) is 13.9. The van der Waals surface area contributed by atoms with Gasteiger partial charge in [0.15, 0.2) is 0 Å². The van der Waals surface area contributed by atoms with Crippen molar-refractivity contribution in [3.8, 4) is 17.0 Å². The Morgan fingerprint density at radius 1 is 0.845 bits per heavy atom. The highest BCUT2D eigenvalue weighted by Gasteiger charge is 2.45. The van der Waals surface area contributed by atoms with Gasteiger partial charge < -0.3 is 19.9 Å². The SMILES string of the molecule is O=C1CCC(N2C(=O)c3ccc(N4CC(N5CCN(C6CN(c7ncc(C(=O)Nc8ccc(OC(F)(F)Cl)cc8)cc7-c7ccn[nH]7)C6)CC5)C4)cc3C2=O)C(=O)N1. The Morgan fingerprint density at radius 2 is 1.52 bits per heavy atom. The second kappa shape index (κ2) is 14.8. The molecule has 300 valence electrons. The summed E-state index contributed by atoms with van der Waals surface area (Å²) in [4.78, 5) is 78.7. The van der Waals surface area contributed by atoms with Crippen LogP contribution in [0.1, 0.15) is 43.9 Å². The zero-order valence-corrected chi connectivity index (χ0v) is 31.6. The molecular formula is C39H37ClF2N10O6. The van der Waals surface area contributed by atoms with Gasteiger partial charge in [0.2, 0.25) is 11.8 Å². The van der Waals surface area contributed by atoms with Crippen LogP contribution in [0.3, 0.4) is 0 Å². The van der Waals surface area contributed by atoms with Gasteiger partial charge in [0, 0.05) is 112 Å². The number of hydrogen-bond donors (Lipinski definition) is 3. The molecule has 0 aliphatic carbocycles. The molecule has 4 fully saturated rings. The van der Waals surface area contributed by atoms with E-state index in [2.05, 4.69) is 45.2 Å². The minimum atomic E-state index is -3.84. The minimum absolute atomic E-state index is 0.0748. The average Bonchev–Trinajstić information content (AvgIpc) is 3.78. The number of nitrogens with zero attached hydrogens (tertiary/aromatic N) is 7. The first kappa shape index (κ1) is 37.6. The van der Waals surface area contributed by atoms with Crippen LogP contribution in [0.2, 0.25) is 0 Å². The van der Waals surface area contributed by atoms with Crippen LogP contribution in [0.5, 0.6) is 5.75 Å². The number of imide groups is 2. The van der Waals surface area contributed by atoms with Gasteiger partial charge in [-0.25, -0.2) is 4.98 Å². The maximum absolute atomic E-state index is 13.3. The van der Waals surface area contributed by atoms with Gasteiger partial charge in [-0.1, -0.05) is 0 Å². The number of anilines is 3. The van der Waals surface area contributed by atoms with Crippen molar-refractivity contribution in [2.24, 2.45) is 0 Å². The van der Waals surface area contributed by atoms with E-state index in [4.69, 9.17) is 16.6 Å². The quantitative estimate of drug-likeness (QED) is 0.158. The largest absolute Gasteiger partial charge is 0.487 e. The highest BCUT2D eigenvalue weighted by atomic mass is 35.5. The lowest BCUT2D eigenvalue weighted by atomic mass is 10.0. The topological polar surface area (TPSA) is 176 Å². The van der Waals surface area contributed by atoms with E-state index in [9.17, 15) is 32.8 Å². The van der Waals surface area contributed by atoms with Crippen LogP contribution in [0.4, 0.5) is 26.0 Å². The van der Waals surface area contributed by atoms with Crippen LogP contribution < -0.4 is 25.2 Å². The number of hydrogen-bond acceptors (Lipinski definition) is 12. The molecule has 4 aromatic rings. The van der Waals surface area contributed by atoms with Crippen molar-refractivity contribution in [1.29, 1.82) is 0 Å². The first-order valence-corrected chi connectivity index (χ1v) is 19.3. The molecule has 9 rings (SSSR count). The number of ether oxygens (including phenoxy) is 1. The summed E-state index contributed by atoms with van der Waals surface area (Å²) >= 11 is 4.83. The fraction of sp³-hybridized carbons (Fsp3) is 0.359. The number of aromatic amines is 1.